The highest BCUT2D eigenvalue weighted by atomic mass is 35.5. The predicted octanol–water partition coefficient (Wildman–Crippen LogP) is 2.94. The second-order valence-corrected chi connectivity index (χ2v) is 7.67. The van der Waals surface area contributed by atoms with Gasteiger partial charge in [-0.3, -0.25) is 14.4 Å². The number of ether oxygens (including phenoxy) is 1. The van der Waals surface area contributed by atoms with Crippen LogP contribution in [0.25, 0.3) is 0 Å². The van der Waals surface area contributed by atoms with Crippen LogP contribution in [-0.2, 0) is 25.5 Å². The van der Waals surface area contributed by atoms with Crippen LogP contribution in [0.1, 0.15) is 37.7 Å². The molecule has 0 aliphatic heterocycles. The number of Topliss-reactive ketones (excluding diaryl/α,β-unsaturated/α-hetero) is 1. The third-order valence-corrected chi connectivity index (χ3v) is 5.63. The number of esters is 1. The highest BCUT2D eigenvalue weighted by molar-refractivity contribution is 6.30. The predicted molar refractivity (Wildman–Crippen MR) is 97.7 cm³/mol. The molecule has 0 radical (unpaired) electrons. The first-order valence-corrected chi connectivity index (χ1v) is 9.62. The van der Waals surface area contributed by atoms with Crippen LogP contribution in [0, 0.1) is 17.8 Å². The Morgan fingerprint density at radius 3 is 2.42 bits per heavy atom. The van der Waals surface area contributed by atoms with Crippen LogP contribution in [0.5, 0.6) is 0 Å². The molecule has 1 amide bonds. The molecule has 2 bridgehead atoms. The van der Waals surface area contributed by atoms with Crippen molar-refractivity contribution >= 4 is 29.3 Å². The van der Waals surface area contributed by atoms with Crippen molar-refractivity contribution in [1.82, 2.24) is 5.32 Å². The Bertz CT molecular complexity index is 657. The lowest BCUT2D eigenvalue weighted by atomic mass is 9.67. The van der Waals surface area contributed by atoms with Crippen LogP contribution in [0.15, 0.2) is 24.3 Å². The van der Waals surface area contributed by atoms with Crippen molar-refractivity contribution in [2.45, 2.75) is 38.5 Å². The Hall–Kier alpha value is -1.88. The first kappa shape index (κ1) is 18.9. The van der Waals surface area contributed by atoms with E-state index in [4.69, 9.17) is 16.3 Å². The zero-order valence-electron chi connectivity index (χ0n) is 14.7. The van der Waals surface area contributed by atoms with Gasteiger partial charge in [-0.2, -0.15) is 0 Å². The number of nitrogens with one attached hydrogen (secondary N) is 1. The SMILES string of the molecule is O=C(COC(=O)C1C[C@H]2CCC[C@H](C1)C2=O)NCCc1ccc(Cl)cc1. The van der Waals surface area contributed by atoms with Gasteiger partial charge < -0.3 is 10.1 Å². The van der Waals surface area contributed by atoms with Crippen molar-refractivity contribution in [2.24, 2.45) is 17.8 Å². The summed E-state index contributed by atoms with van der Waals surface area (Å²) in [5.74, 6) is -0.562. The van der Waals surface area contributed by atoms with E-state index in [0.29, 0.717) is 36.6 Å². The second-order valence-electron chi connectivity index (χ2n) is 7.23. The van der Waals surface area contributed by atoms with Gasteiger partial charge in [-0.1, -0.05) is 30.2 Å². The Balaban J connectivity index is 1.37. The van der Waals surface area contributed by atoms with Crippen molar-refractivity contribution in [2.75, 3.05) is 13.2 Å². The van der Waals surface area contributed by atoms with Gasteiger partial charge in [-0.15, -0.1) is 0 Å². The first-order chi connectivity index (χ1) is 12.5. The van der Waals surface area contributed by atoms with Crippen LogP contribution in [-0.4, -0.2) is 30.8 Å². The summed E-state index contributed by atoms with van der Waals surface area (Å²) < 4.78 is 5.18. The number of hydrogen-bond donors (Lipinski definition) is 1. The van der Waals surface area contributed by atoms with Crippen LogP contribution in [0.3, 0.4) is 0 Å². The highest BCUT2D eigenvalue weighted by Gasteiger charge is 2.41. The molecule has 0 heterocycles. The van der Waals surface area contributed by atoms with Gasteiger partial charge in [0, 0.05) is 23.4 Å². The molecule has 140 valence electrons. The molecule has 6 heteroatoms. The van der Waals surface area contributed by atoms with Gasteiger partial charge in [0.25, 0.3) is 5.91 Å². The van der Waals surface area contributed by atoms with Crippen molar-refractivity contribution in [3.8, 4) is 0 Å². The molecule has 1 aromatic rings. The van der Waals surface area contributed by atoms with E-state index in [1.54, 1.807) is 0 Å². The van der Waals surface area contributed by atoms with Crippen molar-refractivity contribution in [3.05, 3.63) is 34.9 Å². The molecular formula is C20H24ClNO4. The number of fused-ring (bicyclic) bond motifs is 2. The van der Waals surface area contributed by atoms with Gasteiger partial charge in [0.2, 0.25) is 0 Å². The lowest BCUT2D eigenvalue weighted by molar-refractivity contribution is -0.156. The Morgan fingerprint density at radius 2 is 1.77 bits per heavy atom. The maximum atomic E-state index is 12.2. The second kappa shape index (κ2) is 8.67. The smallest absolute Gasteiger partial charge is 0.309 e. The van der Waals surface area contributed by atoms with E-state index in [2.05, 4.69) is 5.32 Å². The van der Waals surface area contributed by atoms with Crippen molar-refractivity contribution in [3.63, 3.8) is 0 Å². The van der Waals surface area contributed by atoms with Crippen molar-refractivity contribution < 1.29 is 19.1 Å². The minimum absolute atomic E-state index is 0.00764. The fourth-order valence-electron chi connectivity index (χ4n) is 3.97. The molecule has 1 aromatic carbocycles. The van der Waals surface area contributed by atoms with Gasteiger partial charge in [0.15, 0.2) is 6.61 Å². The van der Waals surface area contributed by atoms with E-state index >= 15 is 0 Å². The summed E-state index contributed by atoms with van der Waals surface area (Å²) in [6, 6.07) is 7.45. The fraction of sp³-hybridized carbons (Fsp3) is 0.550. The average Bonchev–Trinajstić information content (AvgIpc) is 2.61. The summed E-state index contributed by atoms with van der Waals surface area (Å²) >= 11 is 5.83. The van der Waals surface area contributed by atoms with Gasteiger partial charge >= 0.3 is 5.97 Å². The Morgan fingerprint density at radius 1 is 1.12 bits per heavy atom. The Labute approximate surface area is 158 Å². The number of amides is 1. The molecule has 5 nitrogen and oxygen atoms in total. The largest absolute Gasteiger partial charge is 0.455 e. The standard InChI is InChI=1S/C20H24ClNO4/c21-17-6-4-13(5-7-17)8-9-22-18(23)12-26-20(25)16-10-14-2-1-3-15(11-16)19(14)24/h4-7,14-16H,1-3,8-12H2,(H,22,23)/t14-,15-/m1/s1. The van der Waals surface area contributed by atoms with Gasteiger partial charge in [0.1, 0.15) is 5.78 Å². The van der Waals surface area contributed by atoms with Crippen LogP contribution in [0.4, 0.5) is 0 Å². The average molecular weight is 378 g/mol. The normalized spacial score (nSPS) is 24.8. The van der Waals surface area contributed by atoms with Crippen molar-refractivity contribution in [1.29, 1.82) is 0 Å². The summed E-state index contributed by atoms with van der Waals surface area (Å²) in [6.07, 6.45) is 4.66. The number of halogens is 1. The fourth-order valence-corrected chi connectivity index (χ4v) is 4.10. The highest BCUT2D eigenvalue weighted by Crippen LogP contribution is 2.40. The molecule has 2 aliphatic rings. The topological polar surface area (TPSA) is 72.5 Å². The van der Waals surface area contributed by atoms with E-state index in [0.717, 1.165) is 24.8 Å². The summed E-state index contributed by atoms with van der Waals surface area (Å²) in [7, 11) is 0. The molecule has 26 heavy (non-hydrogen) atoms. The first-order valence-electron chi connectivity index (χ1n) is 9.24. The zero-order chi connectivity index (χ0) is 18.5. The number of hydrogen-bond acceptors (Lipinski definition) is 4. The minimum atomic E-state index is -0.345. The molecule has 0 spiro atoms. The molecule has 2 saturated carbocycles. The van der Waals surface area contributed by atoms with Gasteiger partial charge in [-0.25, -0.2) is 0 Å². The van der Waals surface area contributed by atoms with E-state index < -0.39 is 0 Å². The number of ketones is 1. The number of carbonyl (C=O) groups is 3. The molecule has 2 aliphatic carbocycles. The van der Waals surface area contributed by atoms with Crippen LogP contribution in [0.2, 0.25) is 5.02 Å². The van der Waals surface area contributed by atoms with E-state index in [9.17, 15) is 14.4 Å². The number of carbonyl (C=O) groups excluding carboxylic acids is 3. The monoisotopic (exact) mass is 377 g/mol. The quantitative estimate of drug-likeness (QED) is 0.773. The molecule has 2 fully saturated rings. The molecule has 3 rings (SSSR count). The number of rotatable bonds is 6. The van der Waals surface area contributed by atoms with E-state index in [-0.39, 0.29) is 36.2 Å². The maximum absolute atomic E-state index is 12.2. The van der Waals surface area contributed by atoms with E-state index in [1.165, 1.54) is 0 Å². The molecule has 2 atom stereocenters. The number of benzene rings is 1. The third-order valence-electron chi connectivity index (χ3n) is 5.38. The van der Waals surface area contributed by atoms with Crippen LogP contribution >= 0.6 is 11.6 Å². The zero-order valence-corrected chi connectivity index (χ0v) is 15.5. The van der Waals surface area contributed by atoms with Crippen LogP contribution < -0.4 is 5.32 Å². The molecule has 0 unspecified atom stereocenters. The third kappa shape index (κ3) is 4.85. The summed E-state index contributed by atoms with van der Waals surface area (Å²) in [5, 5.41) is 3.43. The maximum Gasteiger partial charge on any atom is 0.309 e. The summed E-state index contributed by atoms with van der Waals surface area (Å²) in [5.41, 5.74) is 1.07. The molecule has 1 N–H and O–H groups in total. The lowest BCUT2D eigenvalue weighted by Crippen LogP contribution is -2.40. The molecule has 0 saturated heterocycles. The Kier molecular flexibility index (Phi) is 6.30. The summed E-state index contributed by atoms with van der Waals surface area (Å²) in [6.45, 7) is 0.208. The van der Waals surface area contributed by atoms with Gasteiger partial charge in [0.05, 0.1) is 5.92 Å². The lowest BCUT2D eigenvalue weighted by Gasteiger charge is -2.36. The van der Waals surface area contributed by atoms with E-state index in [1.807, 2.05) is 24.3 Å². The summed E-state index contributed by atoms with van der Waals surface area (Å²) in [4.78, 5) is 36.2. The molecular weight excluding hydrogens is 354 g/mol. The van der Waals surface area contributed by atoms with Gasteiger partial charge in [-0.05, 0) is 49.8 Å². The minimum Gasteiger partial charge on any atom is -0.455 e. The molecule has 0 aromatic heterocycles.